The van der Waals surface area contributed by atoms with Crippen molar-refractivity contribution < 1.29 is 19.1 Å². The lowest BCUT2D eigenvalue weighted by Gasteiger charge is -2.31. The molecule has 25 heavy (non-hydrogen) atoms. The fourth-order valence-electron chi connectivity index (χ4n) is 2.69. The third-order valence-corrected chi connectivity index (χ3v) is 4.03. The van der Waals surface area contributed by atoms with Crippen molar-refractivity contribution in [1.29, 1.82) is 0 Å². The van der Waals surface area contributed by atoms with E-state index >= 15 is 0 Å². The van der Waals surface area contributed by atoms with Gasteiger partial charge in [-0.25, -0.2) is 9.59 Å². The maximum atomic E-state index is 12.5. The third-order valence-electron chi connectivity index (χ3n) is 3.81. The molecule has 0 aliphatic carbocycles. The summed E-state index contributed by atoms with van der Waals surface area (Å²) in [5.41, 5.74) is 2.54. The molecule has 0 spiro atoms. The van der Waals surface area contributed by atoms with Crippen LogP contribution in [0.2, 0.25) is 0 Å². The quantitative estimate of drug-likeness (QED) is 0.595. The van der Waals surface area contributed by atoms with Gasteiger partial charge in [0.2, 0.25) is 0 Å². The second kappa shape index (κ2) is 8.62. The van der Waals surface area contributed by atoms with E-state index in [-0.39, 0.29) is 5.97 Å². The average Bonchev–Trinajstić information content (AvgIpc) is 2.61. The summed E-state index contributed by atoms with van der Waals surface area (Å²) in [6, 6.07) is 6.45. The van der Waals surface area contributed by atoms with Crippen LogP contribution in [0.4, 0.5) is 0 Å². The van der Waals surface area contributed by atoms with Gasteiger partial charge in [0.1, 0.15) is 0 Å². The van der Waals surface area contributed by atoms with Crippen molar-refractivity contribution >= 4 is 29.3 Å². The van der Waals surface area contributed by atoms with Gasteiger partial charge in [0.05, 0.1) is 30.9 Å². The molecule has 1 aromatic carbocycles. The highest BCUT2D eigenvalue weighted by molar-refractivity contribution is 7.80. The molecule has 1 aromatic rings. The van der Waals surface area contributed by atoms with E-state index in [2.05, 4.69) is 10.6 Å². The molecule has 2 N–H and O–H groups in total. The molecule has 0 radical (unpaired) electrons. The van der Waals surface area contributed by atoms with Crippen molar-refractivity contribution in [1.82, 2.24) is 10.6 Å². The van der Waals surface area contributed by atoms with Crippen LogP contribution in [0.1, 0.15) is 48.7 Å². The number of rotatable bonds is 6. The first-order valence-corrected chi connectivity index (χ1v) is 8.58. The number of thiocarbonyl (C=S) groups is 1. The van der Waals surface area contributed by atoms with Crippen molar-refractivity contribution in [3.63, 3.8) is 0 Å². The molecular weight excluding hydrogens is 340 g/mol. The van der Waals surface area contributed by atoms with Crippen LogP contribution in [0.15, 0.2) is 35.5 Å². The maximum Gasteiger partial charge on any atom is 0.338 e. The number of carbonyl (C=O) groups is 2. The number of nitrogens with one attached hydrogen (secondary N) is 2. The zero-order valence-electron chi connectivity index (χ0n) is 14.5. The molecule has 0 amide bonds. The lowest BCUT2D eigenvalue weighted by atomic mass is 9.93. The van der Waals surface area contributed by atoms with E-state index in [0.29, 0.717) is 29.3 Å². The number of esters is 2. The Morgan fingerprint density at radius 1 is 1.16 bits per heavy atom. The first-order valence-electron chi connectivity index (χ1n) is 8.17. The van der Waals surface area contributed by atoms with E-state index in [1.54, 1.807) is 31.2 Å². The number of benzene rings is 1. The zero-order chi connectivity index (χ0) is 18.4. The third kappa shape index (κ3) is 4.36. The highest BCUT2D eigenvalue weighted by atomic mass is 32.1. The van der Waals surface area contributed by atoms with E-state index < -0.39 is 12.0 Å². The second-order valence-corrected chi connectivity index (χ2v) is 5.92. The Morgan fingerprint density at radius 3 is 2.40 bits per heavy atom. The largest absolute Gasteiger partial charge is 0.465 e. The first-order chi connectivity index (χ1) is 12.0. The molecular formula is C18H22N2O4S. The van der Waals surface area contributed by atoms with Crippen LogP contribution in [0, 0.1) is 0 Å². The van der Waals surface area contributed by atoms with Gasteiger partial charge in [0.25, 0.3) is 0 Å². The predicted octanol–water partition coefficient (Wildman–Crippen LogP) is 2.61. The number of carbonyl (C=O) groups excluding carboxylic acids is 2. The number of allylic oxidation sites excluding steroid dienone is 1. The van der Waals surface area contributed by atoms with Gasteiger partial charge in [0, 0.05) is 5.70 Å². The Bertz CT molecular complexity index is 698. The van der Waals surface area contributed by atoms with Crippen LogP contribution in [0.3, 0.4) is 0 Å². The normalized spacial score (nSPS) is 16.8. The minimum Gasteiger partial charge on any atom is -0.465 e. The molecule has 1 atom stereocenters. The Hall–Kier alpha value is -2.41. The highest BCUT2D eigenvalue weighted by Gasteiger charge is 2.32. The topological polar surface area (TPSA) is 76.7 Å². The van der Waals surface area contributed by atoms with E-state index in [9.17, 15) is 9.59 Å². The molecule has 0 fully saturated rings. The molecule has 134 valence electrons. The molecule has 0 aromatic heterocycles. The zero-order valence-corrected chi connectivity index (χ0v) is 15.4. The molecule has 1 heterocycles. The van der Waals surface area contributed by atoms with Crippen molar-refractivity contribution in [2.45, 2.75) is 32.7 Å². The monoisotopic (exact) mass is 362 g/mol. The van der Waals surface area contributed by atoms with Gasteiger partial charge >= 0.3 is 11.9 Å². The minimum absolute atomic E-state index is 0.292. The van der Waals surface area contributed by atoms with Crippen LogP contribution in [-0.4, -0.2) is 30.8 Å². The Balaban J connectivity index is 2.44. The summed E-state index contributed by atoms with van der Waals surface area (Å²) in [5.74, 6) is -0.788. The average molecular weight is 362 g/mol. The predicted molar refractivity (Wildman–Crippen MR) is 98.0 cm³/mol. The summed E-state index contributed by atoms with van der Waals surface area (Å²) in [6.45, 7) is 4.09. The van der Waals surface area contributed by atoms with Crippen molar-refractivity contribution in [2.75, 3.05) is 13.7 Å². The van der Waals surface area contributed by atoms with Gasteiger partial charge in [-0.15, -0.1) is 0 Å². The van der Waals surface area contributed by atoms with Gasteiger partial charge in [-0.2, -0.15) is 0 Å². The fourth-order valence-corrected chi connectivity index (χ4v) is 2.94. The van der Waals surface area contributed by atoms with Gasteiger partial charge in [-0.1, -0.05) is 25.5 Å². The summed E-state index contributed by atoms with van der Waals surface area (Å²) in [5, 5.41) is 6.65. The SMILES string of the molecule is CCCC1=C(C(=O)OCC)[C@H](c2ccc(C(=O)OC)cc2)NC(=S)N1. The molecule has 1 aliphatic rings. The van der Waals surface area contributed by atoms with Gasteiger partial charge in [-0.3, -0.25) is 0 Å². The Kier molecular flexibility index (Phi) is 6.52. The molecule has 0 bridgehead atoms. The maximum absolute atomic E-state index is 12.5. The standard InChI is InChI=1S/C18H22N2O4S/c1-4-6-13-14(17(22)24-5-2)15(20-18(25)19-13)11-7-9-12(10-8-11)16(21)23-3/h7-10,15H,4-6H2,1-3H3,(H2,19,20,25)/t15-/m0/s1. The van der Waals surface area contributed by atoms with E-state index in [0.717, 1.165) is 17.7 Å². The van der Waals surface area contributed by atoms with E-state index in [1.165, 1.54) is 7.11 Å². The van der Waals surface area contributed by atoms with Crippen molar-refractivity contribution in [3.8, 4) is 0 Å². The summed E-state index contributed by atoms with van der Waals surface area (Å²) in [4.78, 5) is 24.1. The number of hydrogen-bond acceptors (Lipinski definition) is 5. The molecule has 0 saturated heterocycles. The summed E-state index contributed by atoms with van der Waals surface area (Å²) in [7, 11) is 1.33. The smallest absolute Gasteiger partial charge is 0.338 e. The summed E-state index contributed by atoms with van der Waals surface area (Å²) in [6.07, 6.45) is 1.55. The summed E-state index contributed by atoms with van der Waals surface area (Å²) < 4.78 is 9.94. The lowest BCUT2D eigenvalue weighted by molar-refractivity contribution is -0.139. The second-order valence-electron chi connectivity index (χ2n) is 5.51. The van der Waals surface area contributed by atoms with Crippen molar-refractivity contribution in [2.24, 2.45) is 0 Å². The van der Waals surface area contributed by atoms with E-state index in [1.807, 2.05) is 6.92 Å². The van der Waals surface area contributed by atoms with Gasteiger partial charge in [0.15, 0.2) is 5.11 Å². The van der Waals surface area contributed by atoms with Gasteiger partial charge in [-0.05, 0) is 43.3 Å². The highest BCUT2D eigenvalue weighted by Crippen LogP contribution is 2.29. The van der Waals surface area contributed by atoms with Crippen LogP contribution in [0.25, 0.3) is 0 Å². The molecule has 2 rings (SSSR count). The number of ether oxygens (including phenoxy) is 2. The molecule has 0 saturated carbocycles. The lowest BCUT2D eigenvalue weighted by Crippen LogP contribution is -2.45. The summed E-state index contributed by atoms with van der Waals surface area (Å²) >= 11 is 5.28. The molecule has 1 aliphatic heterocycles. The Labute approximate surface area is 152 Å². The molecule has 7 heteroatoms. The minimum atomic E-state index is -0.430. The van der Waals surface area contributed by atoms with E-state index in [4.69, 9.17) is 21.7 Å². The van der Waals surface area contributed by atoms with Crippen LogP contribution < -0.4 is 10.6 Å². The fraction of sp³-hybridized carbons (Fsp3) is 0.389. The Morgan fingerprint density at radius 2 is 1.84 bits per heavy atom. The number of hydrogen-bond donors (Lipinski definition) is 2. The van der Waals surface area contributed by atoms with Crippen molar-refractivity contribution in [3.05, 3.63) is 46.7 Å². The van der Waals surface area contributed by atoms with Crippen LogP contribution >= 0.6 is 12.2 Å². The molecule has 0 unspecified atom stereocenters. The number of methoxy groups -OCH3 is 1. The van der Waals surface area contributed by atoms with Gasteiger partial charge < -0.3 is 20.1 Å². The molecule has 6 nitrogen and oxygen atoms in total. The van der Waals surface area contributed by atoms with Crippen LogP contribution in [-0.2, 0) is 14.3 Å². The first kappa shape index (κ1) is 18.9. The van der Waals surface area contributed by atoms with Crippen LogP contribution in [0.5, 0.6) is 0 Å².